The fourth-order valence-electron chi connectivity index (χ4n) is 3.50. The normalized spacial score (nSPS) is 20.1. The number of aromatic nitrogens is 2. The summed E-state index contributed by atoms with van der Waals surface area (Å²) in [6, 6.07) is 7.05. The first-order valence-corrected chi connectivity index (χ1v) is 10.0. The molecule has 164 valence electrons. The Kier molecular flexibility index (Phi) is 7.40. The van der Waals surface area contributed by atoms with Gasteiger partial charge in [-0.25, -0.2) is 15.4 Å². The molecule has 5 N–H and O–H groups in total. The number of carbonyl (C=O) groups is 4. The number of carbonyl (C=O) groups excluding carboxylic acids is 4. The van der Waals surface area contributed by atoms with Gasteiger partial charge in [0.2, 0.25) is 17.5 Å². The van der Waals surface area contributed by atoms with Crippen LogP contribution in [0.5, 0.6) is 0 Å². The van der Waals surface area contributed by atoms with Crippen LogP contribution in [0.1, 0.15) is 18.2 Å². The zero-order valence-electron chi connectivity index (χ0n) is 17.2. The minimum atomic E-state index is -0.965. The van der Waals surface area contributed by atoms with E-state index in [0.717, 1.165) is 5.56 Å². The number of amides is 1. The highest BCUT2D eigenvalue weighted by Gasteiger charge is 2.39. The number of hydrogen-bond donors (Lipinski definition) is 4. The van der Waals surface area contributed by atoms with E-state index in [1.165, 1.54) is 13.3 Å². The van der Waals surface area contributed by atoms with Crippen molar-refractivity contribution in [2.45, 2.75) is 37.9 Å². The molecule has 1 fully saturated rings. The van der Waals surface area contributed by atoms with Crippen LogP contribution in [0, 0.1) is 0 Å². The Balaban J connectivity index is 1.87. The fourth-order valence-corrected chi connectivity index (χ4v) is 3.50. The van der Waals surface area contributed by atoms with Gasteiger partial charge in [-0.2, -0.15) is 0 Å². The van der Waals surface area contributed by atoms with E-state index in [-0.39, 0.29) is 24.7 Å². The molecular weight excluding hydrogens is 400 g/mol. The Morgan fingerprint density at radius 1 is 1.29 bits per heavy atom. The number of H-pyrrole nitrogens is 1. The number of benzene rings is 1. The van der Waals surface area contributed by atoms with E-state index in [1.54, 1.807) is 11.2 Å². The van der Waals surface area contributed by atoms with Crippen LogP contribution < -0.4 is 16.5 Å². The third kappa shape index (κ3) is 5.69. The van der Waals surface area contributed by atoms with Crippen LogP contribution in [-0.4, -0.2) is 69.4 Å². The lowest BCUT2D eigenvalue weighted by molar-refractivity contribution is -0.142. The molecule has 0 aliphatic carbocycles. The molecule has 1 aromatic heterocycles. The predicted molar refractivity (Wildman–Crippen MR) is 112 cm³/mol. The minimum absolute atomic E-state index is 0.144. The zero-order valence-corrected chi connectivity index (χ0v) is 17.2. The summed E-state index contributed by atoms with van der Waals surface area (Å²) in [7, 11) is 0. The molecule has 0 radical (unpaired) electrons. The van der Waals surface area contributed by atoms with Crippen molar-refractivity contribution in [2.75, 3.05) is 13.1 Å². The Morgan fingerprint density at radius 2 is 2.03 bits per heavy atom. The number of nitrogens with one attached hydrogen (secondary N) is 3. The average molecular weight is 426 g/mol. The van der Waals surface area contributed by atoms with Crippen molar-refractivity contribution in [3.63, 3.8) is 0 Å². The first-order chi connectivity index (χ1) is 14.9. The van der Waals surface area contributed by atoms with E-state index < -0.39 is 36.2 Å². The van der Waals surface area contributed by atoms with Crippen molar-refractivity contribution in [3.05, 3.63) is 54.1 Å². The standard InChI is InChI=1S/C21H26N6O4/c1-13(28)17-11-27(18(21(31)25-17)7-14-5-3-2-4-6-14)26-16(20(30)19(29)9-22)8-15-10-23-12-24-15/h2-6,10,12,16-18,26H,7-9,11,22H2,1H3,(H,23,24)(H,25,31)/t16-,17?,18?/m0/s1. The van der Waals surface area contributed by atoms with Crippen LogP contribution in [0.2, 0.25) is 0 Å². The molecule has 1 aliphatic heterocycles. The van der Waals surface area contributed by atoms with Crippen LogP contribution in [-0.2, 0) is 32.0 Å². The number of imidazole rings is 1. The van der Waals surface area contributed by atoms with Crippen LogP contribution >= 0.6 is 0 Å². The first-order valence-electron chi connectivity index (χ1n) is 10.0. The number of rotatable bonds is 10. The molecule has 0 saturated carbocycles. The Hall–Kier alpha value is -3.21. The van der Waals surface area contributed by atoms with Crippen LogP contribution in [0.25, 0.3) is 0 Å². The molecule has 10 nitrogen and oxygen atoms in total. The highest BCUT2D eigenvalue weighted by atomic mass is 16.2. The van der Waals surface area contributed by atoms with Gasteiger partial charge in [0.1, 0.15) is 12.1 Å². The Morgan fingerprint density at radius 3 is 2.65 bits per heavy atom. The SMILES string of the molecule is CC(=O)C1CN(N[C@@H](Cc2cnc[nH]2)C(=O)C(=O)CN)C(Cc2ccccc2)C(=O)N1. The highest BCUT2D eigenvalue weighted by molar-refractivity contribution is 6.39. The molecule has 1 aliphatic rings. The number of ketones is 3. The molecule has 0 bridgehead atoms. The summed E-state index contributed by atoms with van der Waals surface area (Å²) in [6.45, 7) is 1.14. The lowest BCUT2D eigenvalue weighted by atomic mass is 9.99. The van der Waals surface area contributed by atoms with E-state index in [0.29, 0.717) is 12.1 Å². The van der Waals surface area contributed by atoms with E-state index in [2.05, 4.69) is 20.7 Å². The number of hydrazine groups is 1. The number of nitrogens with zero attached hydrogens (tertiary/aromatic N) is 2. The highest BCUT2D eigenvalue weighted by Crippen LogP contribution is 2.15. The van der Waals surface area contributed by atoms with E-state index >= 15 is 0 Å². The van der Waals surface area contributed by atoms with Crippen molar-refractivity contribution >= 4 is 23.3 Å². The second kappa shape index (κ2) is 10.2. The van der Waals surface area contributed by atoms with Gasteiger partial charge in [0.25, 0.3) is 0 Å². The smallest absolute Gasteiger partial charge is 0.239 e. The van der Waals surface area contributed by atoms with Gasteiger partial charge in [0.15, 0.2) is 5.78 Å². The summed E-state index contributed by atoms with van der Waals surface area (Å²) in [5.74, 6) is -1.95. The summed E-state index contributed by atoms with van der Waals surface area (Å²) in [6.07, 6.45) is 3.53. The van der Waals surface area contributed by atoms with Gasteiger partial charge >= 0.3 is 0 Å². The van der Waals surface area contributed by atoms with Gasteiger partial charge in [-0.15, -0.1) is 0 Å². The lowest BCUT2D eigenvalue weighted by Crippen LogP contribution is -2.68. The van der Waals surface area contributed by atoms with Gasteiger partial charge in [0, 0.05) is 24.9 Å². The van der Waals surface area contributed by atoms with Crippen molar-refractivity contribution in [1.29, 1.82) is 0 Å². The van der Waals surface area contributed by atoms with Crippen molar-refractivity contribution in [1.82, 2.24) is 25.7 Å². The number of hydrogen-bond acceptors (Lipinski definition) is 8. The molecule has 10 heteroatoms. The molecule has 2 aromatic rings. The van der Waals surface area contributed by atoms with Crippen molar-refractivity contribution in [2.24, 2.45) is 5.73 Å². The minimum Gasteiger partial charge on any atom is -0.348 e. The van der Waals surface area contributed by atoms with E-state index in [9.17, 15) is 19.2 Å². The van der Waals surface area contributed by atoms with Gasteiger partial charge < -0.3 is 16.0 Å². The molecule has 1 amide bonds. The third-order valence-electron chi connectivity index (χ3n) is 5.21. The van der Waals surface area contributed by atoms with Crippen LogP contribution in [0.15, 0.2) is 42.9 Å². The van der Waals surface area contributed by atoms with Gasteiger partial charge in [0.05, 0.1) is 18.9 Å². The molecule has 1 aromatic carbocycles. The quantitative estimate of drug-likeness (QED) is 0.351. The largest absolute Gasteiger partial charge is 0.348 e. The maximum atomic E-state index is 12.8. The summed E-state index contributed by atoms with van der Waals surface area (Å²) in [5, 5.41) is 4.32. The molecule has 31 heavy (non-hydrogen) atoms. The van der Waals surface area contributed by atoms with Crippen molar-refractivity contribution in [3.8, 4) is 0 Å². The molecule has 2 unspecified atom stereocenters. The second-order valence-electron chi connectivity index (χ2n) is 7.48. The summed E-state index contributed by atoms with van der Waals surface area (Å²) < 4.78 is 0. The maximum absolute atomic E-state index is 12.8. The number of aromatic amines is 1. The Labute approximate surface area is 179 Å². The molecule has 3 atom stereocenters. The average Bonchev–Trinajstić information content (AvgIpc) is 3.28. The predicted octanol–water partition coefficient (Wildman–Crippen LogP) is -1.08. The fraction of sp³-hybridized carbons (Fsp3) is 0.381. The van der Waals surface area contributed by atoms with Crippen LogP contribution in [0.3, 0.4) is 0 Å². The summed E-state index contributed by atoms with van der Waals surface area (Å²) in [5.41, 5.74) is 9.99. The van der Waals surface area contributed by atoms with E-state index in [1.807, 2.05) is 30.3 Å². The molecular formula is C21H26N6O4. The lowest BCUT2D eigenvalue weighted by Gasteiger charge is -2.40. The Bertz CT molecular complexity index is 931. The first kappa shape index (κ1) is 22.5. The molecule has 0 spiro atoms. The molecule has 1 saturated heterocycles. The van der Waals surface area contributed by atoms with Gasteiger partial charge in [-0.3, -0.25) is 19.2 Å². The van der Waals surface area contributed by atoms with Gasteiger partial charge in [-0.05, 0) is 18.9 Å². The number of Topliss-reactive ketones (excluding diaryl/α,β-unsaturated/α-hetero) is 3. The van der Waals surface area contributed by atoms with Crippen LogP contribution in [0.4, 0.5) is 0 Å². The second-order valence-corrected chi connectivity index (χ2v) is 7.48. The maximum Gasteiger partial charge on any atom is 0.239 e. The van der Waals surface area contributed by atoms with Crippen molar-refractivity contribution < 1.29 is 19.2 Å². The number of nitrogens with two attached hydrogens (primary N) is 1. The zero-order chi connectivity index (χ0) is 22.4. The van der Waals surface area contributed by atoms with E-state index in [4.69, 9.17) is 5.73 Å². The third-order valence-corrected chi connectivity index (χ3v) is 5.21. The summed E-state index contributed by atoms with van der Waals surface area (Å²) >= 11 is 0. The summed E-state index contributed by atoms with van der Waals surface area (Å²) in [4.78, 5) is 56.4. The van der Waals surface area contributed by atoms with Gasteiger partial charge in [-0.1, -0.05) is 30.3 Å². The monoisotopic (exact) mass is 426 g/mol. The molecule has 2 heterocycles. The number of piperazine rings is 1. The topological polar surface area (TPSA) is 150 Å². The molecule has 3 rings (SSSR count).